The van der Waals surface area contributed by atoms with E-state index in [1.54, 1.807) is 0 Å². The highest BCUT2D eigenvalue weighted by molar-refractivity contribution is 5.88. The van der Waals surface area contributed by atoms with E-state index in [1.807, 2.05) is 0 Å². The highest BCUT2D eigenvalue weighted by Gasteiger charge is 2.14. The number of halogens is 1. The fourth-order valence-corrected chi connectivity index (χ4v) is 2.01. The van der Waals surface area contributed by atoms with E-state index in [2.05, 4.69) is 5.32 Å². The second-order valence-corrected chi connectivity index (χ2v) is 4.46. The minimum Gasteiger partial charge on any atom is -0.478 e. The summed E-state index contributed by atoms with van der Waals surface area (Å²) in [4.78, 5) is 10.7. The maximum absolute atomic E-state index is 13.6. The third-order valence-electron chi connectivity index (χ3n) is 3.05. The van der Waals surface area contributed by atoms with Gasteiger partial charge in [0.05, 0.1) is 17.9 Å². The van der Waals surface area contributed by atoms with Crippen molar-refractivity contribution in [2.45, 2.75) is 12.8 Å². The maximum Gasteiger partial charge on any atom is 0.335 e. The maximum atomic E-state index is 13.6. The van der Waals surface area contributed by atoms with E-state index < -0.39 is 11.8 Å². The van der Waals surface area contributed by atoms with Crippen LogP contribution < -0.4 is 5.32 Å². The summed E-state index contributed by atoms with van der Waals surface area (Å²) < 4.78 is 18.9. The number of anilines is 1. The highest BCUT2D eigenvalue weighted by Crippen LogP contribution is 2.18. The number of hydrogen-bond donors (Lipinski definition) is 2. The van der Waals surface area contributed by atoms with Crippen LogP contribution in [0.5, 0.6) is 0 Å². The van der Waals surface area contributed by atoms with E-state index in [-0.39, 0.29) is 5.56 Å². The Morgan fingerprint density at radius 3 is 3.00 bits per heavy atom. The molecule has 0 saturated carbocycles. The largest absolute Gasteiger partial charge is 0.478 e. The first-order chi connectivity index (χ1) is 8.66. The number of aromatic carboxylic acids is 1. The average molecular weight is 253 g/mol. The van der Waals surface area contributed by atoms with Crippen molar-refractivity contribution in [1.29, 1.82) is 0 Å². The predicted octanol–water partition coefficient (Wildman–Crippen LogP) is 2.36. The Bertz CT molecular complexity index is 430. The van der Waals surface area contributed by atoms with Crippen LogP contribution in [0.25, 0.3) is 0 Å². The molecular formula is C13H16FNO3. The molecule has 1 aromatic carbocycles. The average Bonchev–Trinajstić information content (AvgIpc) is 2.38. The van der Waals surface area contributed by atoms with Gasteiger partial charge in [-0.25, -0.2) is 9.18 Å². The highest BCUT2D eigenvalue weighted by atomic mass is 19.1. The summed E-state index contributed by atoms with van der Waals surface area (Å²) in [5.74, 6) is -1.27. The Morgan fingerprint density at radius 2 is 2.39 bits per heavy atom. The number of benzene rings is 1. The Balaban J connectivity index is 1.94. The molecule has 0 amide bonds. The van der Waals surface area contributed by atoms with Gasteiger partial charge in [-0.1, -0.05) is 0 Å². The van der Waals surface area contributed by atoms with Gasteiger partial charge >= 0.3 is 5.97 Å². The van der Waals surface area contributed by atoms with Crippen molar-refractivity contribution >= 4 is 11.7 Å². The first-order valence-corrected chi connectivity index (χ1v) is 6.01. The summed E-state index contributed by atoms with van der Waals surface area (Å²) in [6.07, 6.45) is 2.11. The van der Waals surface area contributed by atoms with E-state index >= 15 is 0 Å². The van der Waals surface area contributed by atoms with Crippen LogP contribution in [0.2, 0.25) is 0 Å². The lowest BCUT2D eigenvalue weighted by atomic mass is 10.0. The van der Waals surface area contributed by atoms with Crippen molar-refractivity contribution < 1.29 is 19.0 Å². The van der Waals surface area contributed by atoms with E-state index in [0.717, 1.165) is 25.5 Å². The minimum absolute atomic E-state index is 0.0425. The summed E-state index contributed by atoms with van der Waals surface area (Å²) >= 11 is 0. The van der Waals surface area contributed by atoms with Gasteiger partial charge in [0.15, 0.2) is 0 Å². The summed E-state index contributed by atoms with van der Waals surface area (Å²) in [6, 6.07) is 3.88. The summed E-state index contributed by atoms with van der Waals surface area (Å²) in [5.41, 5.74) is 0.296. The van der Waals surface area contributed by atoms with E-state index in [4.69, 9.17) is 9.84 Å². The third kappa shape index (κ3) is 3.20. The standard InChI is InChI=1S/C13H16FNO3/c14-11-6-10(13(16)17)3-4-12(11)15-7-9-2-1-5-18-8-9/h3-4,6,9,15H,1-2,5,7-8H2,(H,16,17). The molecule has 0 aromatic heterocycles. The van der Waals surface area contributed by atoms with Crippen molar-refractivity contribution in [1.82, 2.24) is 0 Å². The number of ether oxygens (including phenoxy) is 1. The fraction of sp³-hybridized carbons (Fsp3) is 0.462. The molecule has 2 N–H and O–H groups in total. The van der Waals surface area contributed by atoms with E-state index in [9.17, 15) is 9.18 Å². The molecule has 1 saturated heterocycles. The van der Waals surface area contributed by atoms with Crippen molar-refractivity contribution in [2.75, 3.05) is 25.1 Å². The Labute approximate surface area is 105 Å². The van der Waals surface area contributed by atoms with Crippen molar-refractivity contribution in [2.24, 2.45) is 5.92 Å². The molecule has 0 spiro atoms. The zero-order valence-electron chi connectivity index (χ0n) is 9.99. The summed E-state index contributed by atoms with van der Waals surface area (Å²) in [6.45, 7) is 2.14. The smallest absolute Gasteiger partial charge is 0.335 e. The molecule has 1 heterocycles. The zero-order valence-corrected chi connectivity index (χ0v) is 9.99. The molecule has 0 bridgehead atoms. The molecule has 0 aliphatic carbocycles. The summed E-state index contributed by atoms with van der Waals surface area (Å²) in [5, 5.41) is 11.7. The molecule has 1 atom stereocenters. The number of nitrogens with one attached hydrogen (secondary N) is 1. The lowest BCUT2D eigenvalue weighted by molar-refractivity contribution is 0.0595. The normalized spacial score (nSPS) is 19.5. The van der Waals surface area contributed by atoms with Crippen molar-refractivity contribution in [3.05, 3.63) is 29.6 Å². The number of carboxylic acid groups (broad SMARTS) is 1. The van der Waals surface area contributed by atoms with Gasteiger partial charge in [-0.15, -0.1) is 0 Å². The molecule has 1 aliphatic rings. The molecular weight excluding hydrogens is 237 g/mol. The monoisotopic (exact) mass is 253 g/mol. The number of hydrogen-bond acceptors (Lipinski definition) is 3. The second-order valence-electron chi connectivity index (χ2n) is 4.46. The second kappa shape index (κ2) is 5.82. The van der Waals surface area contributed by atoms with Gasteiger partial charge < -0.3 is 15.2 Å². The molecule has 4 nitrogen and oxygen atoms in total. The number of carboxylic acids is 1. The molecule has 0 radical (unpaired) electrons. The van der Waals surface area contributed by atoms with Crippen LogP contribution in [0.3, 0.4) is 0 Å². The van der Waals surface area contributed by atoms with Gasteiger partial charge in [-0.3, -0.25) is 0 Å². The number of rotatable bonds is 4. The van der Waals surface area contributed by atoms with Gasteiger partial charge in [-0.2, -0.15) is 0 Å². The van der Waals surface area contributed by atoms with Crippen LogP contribution in [0.1, 0.15) is 23.2 Å². The van der Waals surface area contributed by atoms with Gasteiger partial charge in [0.2, 0.25) is 0 Å². The van der Waals surface area contributed by atoms with Gasteiger partial charge in [0.25, 0.3) is 0 Å². The minimum atomic E-state index is -1.12. The molecule has 98 valence electrons. The molecule has 1 fully saturated rings. The Hall–Kier alpha value is -1.62. The molecule has 1 aromatic rings. The molecule has 2 rings (SSSR count). The van der Waals surface area contributed by atoms with Crippen molar-refractivity contribution in [3.8, 4) is 0 Å². The predicted molar refractivity (Wildman–Crippen MR) is 65.4 cm³/mol. The van der Waals surface area contributed by atoms with Gasteiger partial charge in [0, 0.05) is 13.2 Å². The van der Waals surface area contributed by atoms with E-state index in [1.165, 1.54) is 12.1 Å². The SMILES string of the molecule is O=C(O)c1ccc(NCC2CCCOC2)c(F)c1. The van der Waals surface area contributed by atoms with Gasteiger partial charge in [-0.05, 0) is 37.0 Å². The van der Waals surface area contributed by atoms with Crippen LogP contribution in [-0.4, -0.2) is 30.8 Å². The topological polar surface area (TPSA) is 58.6 Å². The van der Waals surface area contributed by atoms with Crippen molar-refractivity contribution in [3.63, 3.8) is 0 Å². The molecule has 1 unspecified atom stereocenters. The van der Waals surface area contributed by atoms with Crippen LogP contribution in [0.15, 0.2) is 18.2 Å². The third-order valence-corrected chi connectivity index (χ3v) is 3.05. The summed E-state index contributed by atoms with van der Waals surface area (Å²) in [7, 11) is 0. The van der Waals surface area contributed by atoms with Crippen LogP contribution in [0.4, 0.5) is 10.1 Å². The van der Waals surface area contributed by atoms with E-state index in [0.29, 0.717) is 24.8 Å². The molecule has 1 aliphatic heterocycles. The fourth-order valence-electron chi connectivity index (χ4n) is 2.01. The first kappa shape index (κ1) is 12.8. The lowest BCUT2D eigenvalue weighted by Crippen LogP contribution is -2.24. The lowest BCUT2D eigenvalue weighted by Gasteiger charge is -2.22. The van der Waals surface area contributed by atoms with Crippen LogP contribution in [-0.2, 0) is 4.74 Å². The first-order valence-electron chi connectivity index (χ1n) is 6.01. The Morgan fingerprint density at radius 1 is 1.56 bits per heavy atom. The molecule has 5 heteroatoms. The van der Waals surface area contributed by atoms with Crippen LogP contribution in [0, 0.1) is 11.7 Å². The quantitative estimate of drug-likeness (QED) is 0.864. The zero-order chi connectivity index (χ0) is 13.0. The molecule has 18 heavy (non-hydrogen) atoms. The van der Waals surface area contributed by atoms with Crippen LogP contribution >= 0.6 is 0 Å². The van der Waals surface area contributed by atoms with Gasteiger partial charge in [0.1, 0.15) is 5.82 Å². The number of carbonyl (C=O) groups is 1. The Kier molecular flexibility index (Phi) is 4.15.